The van der Waals surface area contributed by atoms with Crippen LogP contribution in [0.1, 0.15) is 18.4 Å². The molecule has 1 aromatic carbocycles. The third kappa shape index (κ3) is 1.91. The van der Waals surface area contributed by atoms with E-state index in [1.165, 1.54) is 4.90 Å². The van der Waals surface area contributed by atoms with Crippen LogP contribution in [0, 0.1) is 6.42 Å². The second-order valence-corrected chi connectivity index (χ2v) is 3.36. The van der Waals surface area contributed by atoms with E-state index in [4.69, 9.17) is 0 Å². The van der Waals surface area contributed by atoms with E-state index in [9.17, 15) is 9.59 Å². The molecule has 0 spiro atoms. The number of fused-ring (bicyclic) bond motifs is 1. The summed E-state index contributed by atoms with van der Waals surface area (Å²) < 4.78 is 0. The molecule has 2 radical (unpaired) electrons. The van der Waals surface area contributed by atoms with E-state index in [0.29, 0.717) is 12.8 Å². The molecule has 1 heterocycles. The maximum Gasteiger partial charge on any atom is 0.227 e. The van der Waals surface area contributed by atoms with Crippen LogP contribution < -0.4 is 4.90 Å². The predicted octanol–water partition coefficient (Wildman–Crippen LogP) is 1.44. The number of aldehydes is 1. The third-order valence-electron chi connectivity index (χ3n) is 2.41. The van der Waals surface area contributed by atoms with Crippen molar-refractivity contribution in [3.8, 4) is 0 Å². The molecule has 0 saturated carbocycles. The van der Waals surface area contributed by atoms with Crippen molar-refractivity contribution < 1.29 is 9.59 Å². The number of carbonyl (C=O) groups excluding carboxylic acids is 2. The van der Waals surface area contributed by atoms with Gasteiger partial charge in [-0.3, -0.25) is 4.79 Å². The molecule has 1 aliphatic rings. The van der Waals surface area contributed by atoms with Gasteiger partial charge in [0.2, 0.25) is 5.91 Å². The number of amides is 1. The standard InChI is InChI=1S/C12H11NO2/c14-9-8-13-11-6-2-1-4-10(11)5-3-7-12(13)15/h1-2,4,6,9H,3,7-8H2. The van der Waals surface area contributed by atoms with Crippen LogP contribution in [0.15, 0.2) is 24.3 Å². The highest BCUT2D eigenvalue weighted by Crippen LogP contribution is 2.27. The minimum absolute atomic E-state index is 0.0143. The van der Waals surface area contributed by atoms with Gasteiger partial charge in [-0.15, -0.1) is 0 Å². The topological polar surface area (TPSA) is 37.4 Å². The Balaban J connectivity index is 2.42. The van der Waals surface area contributed by atoms with Crippen LogP contribution >= 0.6 is 0 Å². The summed E-state index contributed by atoms with van der Waals surface area (Å²) in [6.45, 7) is 0.123. The van der Waals surface area contributed by atoms with Crippen molar-refractivity contribution in [2.75, 3.05) is 11.4 Å². The number of nitrogens with zero attached hydrogens (tertiary/aromatic N) is 1. The van der Waals surface area contributed by atoms with Gasteiger partial charge in [0, 0.05) is 18.5 Å². The number of hydrogen-bond acceptors (Lipinski definition) is 2. The SMILES string of the molecule is O=CCN1C(=O)CC[C]c2ccccc21. The molecule has 1 aromatic rings. The fourth-order valence-corrected chi connectivity index (χ4v) is 1.71. The Labute approximate surface area is 88.7 Å². The normalized spacial score (nSPS) is 15.7. The first-order chi connectivity index (χ1) is 7.33. The fourth-order valence-electron chi connectivity index (χ4n) is 1.71. The summed E-state index contributed by atoms with van der Waals surface area (Å²) >= 11 is 0. The monoisotopic (exact) mass is 201 g/mol. The van der Waals surface area contributed by atoms with Crippen LogP contribution in [0.3, 0.4) is 0 Å². The summed E-state index contributed by atoms with van der Waals surface area (Å²) in [4.78, 5) is 23.7. The number of rotatable bonds is 2. The molecule has 0 unspecified atom stereocenters. The highest BCUT2D eigenvalue weighted by atomic mass is 16.2. The summed E-state index contributed by atoms with van der Waals surface area (Å²) in [6, 6.07) is 7.51. The van der Waals surface area contributed by atoms with Gasteiger partial charge in [0.1, 0.15) is 6.29 Å². The number of hydrogen-bond donors (Lipinski definition) is 0. The van der Waals surface area contributed by atoms with E-state index in [1.54, 1.807) is 0 Å². The van der Waals surface area contributed by atoms with Crippen molar-refractivity contribution in [1.29, 1.82) is 0 Å². The van der Waals surface area contributed by atoms with Crippen molar-refractivity contribution in [3.05, 3.63) is 36.2 Å². The Hall–Kier alpha value is -1.64. The molecule has 0 aromatic heterocycles. The maximum absolute atomic E-state index is 11.7. The van der Waals surface area contributed by atoms with E-state index in [1.807, 2.05) is 24.3 Å². The van der Waals surface area contributed by atoms with E-state index in [0.717, 1.165) is 17.5 Å². The van der Waals surface area contributed by atoms with Crippen molar-refractivity contribution in [2.45, 2.75) is 12.8 Å². The van der Waals surface area contributed by atoms with Crippen molar-refractivity contribution in [3.63, 3.8) is 0 Å². The summed E-state index contributed by atoms with van der Waals surface area (Å²) in [7, 11) is 0. The molecule has 0 fully saturated rings. The van der Waals surface area contributed by atoms with E-state index in [2.05, 4.69) is 6.42 Å². The van der Waals surface area contributed by atoms with Crippen LogP contribution in [-0.2, 0) is 9.59 Å². The van der Waals surface area contributed by atoms with Crippen molar-refractivity contribution >= 4 is 17.9 Å². The molecule has 15 heavy (non-hydrogen) atoms. The molecule has 0 atom stereocenters. The minimum atomic E-state index is -0.0143. The van der Waals surface area contributed by atoms with Gasteiger partial charge in [-0.25, -0.2) is 0 Å². The number of benzene rings is 1. The van der Waals surface area contributed by atoms with E-state index >= 15 is 0 Å². The molecule has 0 bridgehead atoms. The molecule has 1 amide bonds. The van der Waals surface area contributed by atoms with E-state index in [-0.39, 0.29) is 12.5 Å². The molecule has 1 aliphatic heterocycles. The summed E-state index contributed by atoms with van der Waals surface area (Å²) in [5, 5.41) is 0. The molecule has 2 rings (SSSR count). The summed E-state index contributed by atoms with van der Waals surface area (Å²) in [5.74, 6) is -0.0143. The first-order valence-electron chi connectivity index (χ1n) is 4.90. The van der Waals surface area contributed by atoms with Crippen molar-refractivity contribution in [1.82, 2.24) is 0 Å². The van der Waals surface area contributed by atoms with Gasteiger partial charge in [0.25, 0.3) is 0 Å². The molecule has 0 aliphatic carbocycles. The van der Waals surface area contributed by atoms with Gasteiger partial charge < -0.3 is 9.69 Å². The third-order valence-corrected chi connectivity index (χ3v) is 2.41. The molecule has 3 heteroatoms. The van der Waals surface area contributed by atoms with Crippen LogP contribution in [0.5, 0.6) is 0 Å². The summed E-state index contributed by atoms with van der Waals surface area (Å²) in [5.41, 5.74) is 1.69. The Bertz CT molecular complexity index is 387. The number of carbonyl (C=O) groups is 2. The second kappa shape index (κ2) is 4.26. The lowest BCUT2D eigenvalue weighted by Gasteiger charge is -2.19. The molecule has 76 valence electrons. The van der Waals surface area contributed by atoms with Crippen molar-refractivity contribution in [2.24, 2.45) is 0 Å². The highest BCUT2D eigenvalue weighted by Gasteiger charge is 2.21. The average Bonchev–Trinajstić information content (AvgIpc) is 2.40. The maximum atomic E-state index is 11.7. The van der Waals surface area contributed by atoms with Gasteiger partial charge in [-0.2, -0.15) is 0 Å². The van der Waals surface area contributed by atoms with Gasteiger partial charge in [0.15, 0.2) is 0 Å². The predicted molar refractivity (Wildman–Crippen MR) is 56.4 cm³/mol. The number of anilines is 1. The fraction of sp³-hybridized carbons (Fsp3) is 0.250. The largest absolute Gasteiger partial charge is 0.305 e. The number of para-hydroxylation sites is 1. The Morgan fingerprint density at radius 2 is 2.20 bits per heavy atom. The molecular weight excluding hydrogens is 190 g/mol. The first kappa shape index (κ1) is 9.90. The van der Waals surface area contributed by atoms with Gasteiger partial charge >= 0.3 is 0 Å². The van der Waals surface area contributed by atoms with Crippen LogP contribution in [0.2, 0.25) is 0 Å². The highest BCUT2D eigenvalue weighted by molar-refractivity contribution is 5.97. The van der Waals surface area contributed by atoms with Crippen LogP contribution in [-0.4, -0.2) is 18.7 Å². The quantitative estimate of drug-likeness (QED) is 0.679. The van der Waals surface area contributed by atoms with Gasteiger partial charge in [0.05, 0.1) is 6.54 Å². The smallest absolute Gasteiger partial charge is 0.227 e. The van der Waals surface area contributed by atoms with Gasteiger partial charge in [-0.05, 0) is 18.1 Å². The zero-order chi connectivity index (χ0) is 10.7. The zero-order valence-corrected chi connectivity index (χ0v) is 8.27. The lowest BCUT2D eigenvalue weighted by Crippen LogP contribution is -2.31. The lowest BCUT2D eigenvalue weighted by molar-refractivity contribution is -0.119. The first-order valence-corrected chi connectivity index (χ1v) is 4.90. The zero-order valence-electron chi connectivity index (χ0n) is 8.27. The second-order valence-electron chi connectivity index (χ2n) is 3.36. The Morgan fingerprint density at radius 3 is 3.00 bits per heavy atom. The average molecular weight is 201 g/mol. The molecule has 3 nitrogen and oxygen atoms in total. The summed E-state index contributed by atoms with van der Waals surface area (Å²) in [6.07, 6.45) is 4.95. The van der Waals surface area contributed by atoms with Crippen LogP contribution in [0.25, 0.3) is 0 Å². The molecular formula is C12H11NO2. The lowest BCUT2D eigenvalue weighted by atomic mass is 10.1. The Kier molecular flexibility index (Phi) is 2.81. The van der Waals surface area contributed by atoms with E-state index < -0.39 is 0 Å². The van der Waals surface area contributed by atoms with Crippen LogP contribution in [0.4, 0.5) is 5.69 Å². The molecule has 0 N–H and O–H groups in total. The Morgan fingerprint density at radius 1 is 1.40 bits per heavy atom. The van der Waals surface area contributed by atoms with Gasteiger partial charge in [-0.1, -0.05) is 18.2 Å². The molecule has 0 saturated heterocycles. The minimum Gasteiger partial charge on any atom is -0.305 e.